The van der Waals surface area contributed by atoms with Crippen LogP contribution in [0, 0.1) is 17.0 Å². The molecule has 0 saturated carbocycles. The van der Waals surface area contributed by atoms with E-state index in [1.807, 2.05) is 0 Å². The molecule has 88 valence electrons. The number of nitro groups is 1. The summed E-state index contributed by atoms with van der Waals surface area (Å²) in [6.45, 7) is 1.05. The van der Waals surface area contributed by atoms with E-state index < -0.39 is 17.6 Å². The molecule has 0 aliphatic rings. The fourth-order valence-electron chi connectivity index (χ4n) is 1.20. The van der Waals surface area contributed by atoms with E-state index in [1.54, 1.807) is 19.1 Å². The number of rotatable bonds is 5. The smallest absolute Gasteiger partial charge is 0.311 e. The van der Waals surface area contributed by atoms with Gasteiger partial charge in [0.1, 0.15) is 12.7 Å². The van der Waals surface area contributed by atoms with Crippen LogP contribution in [-0.4, -0.2) is 34.5 Å². The van der Waals surface area contributed by atoms with Gasteiger partial charge in [-0.15, -0.1) is 0 Å². The van der Waals surface area contributed by atoms with Crippen molar-refractivity contribution in [1.29, 1.82) is 0 Å². The minimum Gasteiger partial charge on any atom is -0.484 e. The number of aliphatic hydroxyl groups is 2. The molecule has 6 heteroatoms. The van der Waals surface area contributed by atoms with Crippen LogP contribution in [0.2, 0.25) is 0 Å². The van der Waals surface area contributed by atoms with Gasteiger partial charge in [-0.05, 0) is 12.5 Å². The Balaban J connectivity index is 2.88. The molecule has 0 fully saturated rings. The summed E-state index contributed by atoms with van der Waals surface area (Å²) in [5.41, 5.74) is 0.462. The SMILES string of the molecule is Cc1cccc([N+](=O)[O-])c1OCC(O)CO. The Morgan fingerprint density at radius 3 is 2.81 bits per heavy atom. The number of hydrogen-bond acceptors (Lipinski definition) is 5. The van der Waals surface area contributed by atoms with Crippen LogP contribution in [0.25, 0.3) is 0 Å². The molecule has 0 bridgehead atoms. The highest BCUT2D eigenvalue weighted by molar-refractivity contribution is 5.51. The molecule has 0 heterocycles. The monoisotopic (exact) mass is 227 g/mol. The summed E-state index contributed by atoms with van der Waals surface area (Å²) in [6, 6.07) is 4.56. The fourth-order valence-corrected chi connectivity index (χ4v) is 1.20. The Morgan fingerprint density at radius 1 is 1.56 bits per heavy atom. The van der Waals surface area contributed by atoms with E-state index in [9.17, 15) is 10.1 Å². The standard InChI is InChI=1S/C10H13NO5/c1-7-3-2-4-9(11(14)15)10(7)16-6-8(13)5-12/h2-4,8,12-13H,5-6H2,1H3. The molecule has 1 atom stereocenters. The predicted octanol–water partition coefficient (Wildman–Crippen LogP) is 0.635. The van der Waals surface area contributed by atoms with Crippen molar-refractivity contribution in [3.8, 4) is 5.75 Å². The third kappa shape index (κ3) is 2.91. The van der Waals surface area contributed by atoms with Crippen molar-refractivity contribution >= 4 is 5.69 Å². The molecular formula is C10H13NO5. The predicted molar refractivity (Wildman–Crippen MR) is 56.4 cm³/mol. The number of para-hydroxylation sites is 1. The summed E-state index contributed by atoms with van der Waals surface area (Å²) in [5, 5.41) is 28.4. The molecule has 0 radical (unpaired) electrons. The van der Waals surface area contributed by atoms with Crippen molar-refractivity contribution < 1.29 is 19.9 Å². The molecule has 1 unspecified atom stereocenters. The summed E-state index contributed by atoms with van der Waals surface area (Å²) in [7, 11) is 0. The zero-order valence-electron chi connectivity index (χ0n) is 8.79. The van der Waals surface area contributed by atoms with Crippen molar-refractivity contribution in [1.82, 2.24) is 0 Å². The van der Waals surface area contributed by atoms with Gasteiger partial charge in [0.2, 0.25) is 0 Å². The quantitative estimate of drug-likeness (QED) is 0.568. The second-order valence-corrected chi connectivity index (χ2v) is 3.33. The molecule has 1 rings (SSSR count). The van der Waals surface area contributed by atoms with E-state index in [1.165, 1.54) is 6.07 Å². The zero-order chi connectivity index (χ0) is 12.1. The molecule has 1 aromatic carbocycles. The molecule has 6 nitrogen and oxygen atoms in total. The van der Waals surface area contributed by atoms with Gasteiger partial charge in [-0.2, -0.15) is 0 Å². The molecule has 16 heavy (non-hydrogen) atoms. The first-order chi connectivity index (χ1) is 7.56. The zero-order valence-corrected chi connectivity index (χ0v) is 8.79. The van der Waals surface area contributed by atoms with Crippen molar-refractivity contribution in [2.45, 2.75) is 13.0 Å². The third-order valence-electron chi connectivity index (χ3n) is 2.02. The lowest BCUT2D eigenvalue weighted by molar-refractivity contribution is -0.386. The summed E-state index contributed by atoms with van der Waals surface area (Å²) < 4.78 is 5.13. The van der Waals surface area contributed by atoms with E-state index in [2.05, 4.69) is 0 Å². The van der Waals surface area contributed by atoms with Gasteiger partial charge in [0.05, 0.1) is 11.5 Å². The Morgan fingerprint density at radius 2 is 2.25 bits per heavy atom. The highest BCUT2D eigenvalue weighted by Gasteiger charge is 2.17. The van der Waals surface area contributed by atoms with Crippen molar-refractivity contribution in [3.05, 3.63) is 33.9 Å². The van der Waals surface area contributed by atoms with Crippen LogP contribution in [0.3, 0.4) is 0 Å². The number of benzene rings is 1. The van der Waals surface area contributed by atoms with Crippen LogP contribution >= 0.6 is 0 Å². The van der Waals surface area contributed by atoms with E-state index in [0.29, 0.717) is 5.56 Å². The average Bonchev–Trinajstić information content (AvgIpc) is 2.26. The van der Waals surface area contributed by atoms with Crippen LogP contribution in [0.15, 0.2) is 18.2 Å². The largest absolute Gasteiger partial charge is 0.484 e. The highest BCUT2D eigenvalue weighted by atomic mass is 16.6. The molecule has 0 spiro atoms. The maximum atomic E-state index is 10.7. The van der Waals surface area contributed by atoms with E-state index >= 15 is 0 Å². The molecule has 1 aromatic rings. The highest BCUT2D eigenvalue weighted by Crippen LogP contribution is 2.30. The fraction of sp³-hybridized carbons (Fsp3) is 0.400. The van der Waals surface area contributed by atoms with Gasteiger partial charge in [0.25, 0.3) is 0 Å². The van der Waals surface area contributed by atoms with Gasteiger partial charge >= 0.3 is 5.69 Å². The van der Waals surface area contributed by atoms with Gasteiger partial charge in [0, 0.05) is 6.07 Å². The Hall–Kier alpha value is -1.66. The first-order valence-corrected chi connectivity index (χ1v) is 4.72. The minimum absolute atomic E-state index is 0.125. The lowest BCUT2D eigenvalue weighted by Crippen LogP contribution is -2.21. The van der Waals surface area contributed by atoms with Crippen LogP contribution in [0.5, 0.6) is 5.75 Å². The van der Waals surface area contributed by atoms with Crippen molar-refractivity contribution in [2.24, 2.45) is 0 Å². The normalized spacial score (nSPS) is 12.2. The van der Waals surface area contributed by atoms with Crippen LogP contribution in [-0.2, 0) is 0 Å². The number of nitrogens with zero attached hydrogens (tertiary/aromatic N) is 1. The van der Waals surface area contributed by atoms with Crippen molar-refractivity contribution in [2.75, 3.05) is 13.2 Å². The second kappa shape index (κ2) is 5.43. The maximum absolute atomic E-state index is 10.7. The molecule has 0 saturated heterocycles. The number of aliphatic hydroxyl groups excluding tert-OH is 2. The molecule has 0 aliphatic carbocycles. The maximum Gasteiger partial charge on any atom is 0.311 e. The van der Waals surface area contributed by atoms with E-state index in [-0.39, 0.29) is 18.0 Å². The lowest BCUT2D eigenvalue weighted by atomic mass is 10.2. The number of aryl methyl sites for hydroxylation is 1. The van der Waals surface area contributed by atoms with Gasteiger partial charge < -0.3 is 14.9 Å². The molecule has 0 aliphatic heterocycles. The number of nitro benzene ring substituents is 1. The van der Waals surface area contributed by atoms with Crippen LogP contribution in [0.1, 0.15) is 5.56 Å². The first kappa shape index (κ1) is 12.4. The summed E-state index contributed by atoms with van der Waals surface area (Å²) >= 11 is 0. The summed E-state index contributed by atoms with van der Waals surface area (Å²) in [5.74, 6) is 0.125. The summed E-state index contributed by atoms with van der Waals surface area (Å²) in [6.07, 6.45) is -1.04. The van der Waals surface area contributed by atoms with Gasteiger partial charge in [-0.1, -0.05) is 12.1 Å². The Kier molecular flexibility index (Phi) is 4.21. The number of ether oxygens (including phenoxy) is 1. The average molecular weight is 227 g/mol. The molecule has 0 amide bonds. The summed E-state index contributed by atoms with van der Waals surface area (Å²) in [4.78, 5) is 10.2. The van der Waals surface area contributed by atoms with Gasteiger partial charge in [0.15, 0.2) is 5.75 Å². The van der Waals surface area contributed by atoms with Gasteiger partial charge in [-0.25, -0.2) is 0 Å². The molecular weight excluding hydrogens is 214 g/mol. The Bertz CT molecular complexity index is 379. The van der Waals surface area contributed by atoms with Crippen molar-refractivity contribution in [3.63, 3.8) is 0 Å². The third-order valence-corrected chi connectivity index (χ3v) is 2.02. The Labute approximate surface area is 92.2 Å². The second-order valence-electron chi connectivity index (χ2n) is 3.33. The minimum atomic E-state index is -1.04. The number of hydrogen-bond donors (Lipinski definition) is 2. The van der Waals surface area contributed by atoms with Crippen LogP contribution in [0.4, 0.5) is 5.69 Å². The van der Waals surface area contributed by atoms with Crippen LogP contribution < -0.4 is 4.74 Å². The van der Waals surface area contributed by atoms with Gasteiger partial charge in [-0.3, -0.25) is 10.1 Å². The van der Waals surface area contributed by atoms with E-state index in [0.717, 1.165) is 0 Å². The topological polar surface area (TPSA) is 92.8 Å². The molecule has 0 aromatic heterocycles. The lowest BCUT2D eigenvalue weighted by Gasteiger charge is -2.11. The first-order valence-electron chi connectivity index (χ1n) is 4.72. The van der Waals surface area contributed by atoms with E-state index in [4.69, 9.17) is 14.9 Å². The molecule has 2 N–H and O–H groups in total.